The van der Waals surface area contributed by atoms with Gasteiger partial charge in [0.15, 0.2) is 0 Å². The predicted molar refractivity (Wildman–Crippen MR) is 122 cm³/mol. The highest BCUT2D eigenvalue weighted by molar-refractivity contribution is 5.95. The second kappa shape index (κ2) is 10.2. The summed E-state index contributed by atoms with van der Waals surface area (Å²) in [5.41, 5.74) is 1.13. The Morgan fingerprint density at radius 2 is 1.62 bits per heavy atom. The lowest BCUT2D eigenvalue weighted by molar-refractivity contribution is -0.137. The third-order valence-corrected chi connectivity index (χ3v) is 6.61. The van der Waals surface area contributed by atoms with E-state index in [4.69, 9.17) is 4.74 Å². The van der Waals surface area contributed by atoms with Gasteiger partial charge in [-0.05, 0) is 56.2 Å². The fraction of sp³-hybridized carbons (Fsp3) is 0.462. The number of nitrogens with zero attached hydrogens (tertiary/aromatic N) is 2. The monoisotopic (exact) mass is 474 g/mol. The third kappa shape index (κ3) is 5.60. The maximum atomic E-state index is 13.4. The summed E-state index contributed by atoms with van der Waals surface area (Å²) in [6.07, 6.45) is -0.767. The second-order valence-corrected chi connectivity index (χ2v) is 9.08. The molecule has 34 heavy (non-hydrogen) atoms. The minimum absolute atomic E-state index is 0.0401. The largest absolute Gasteiger partial charge is 0.416 e. The van der Waals surface area contributed by atoms with E-state index in [0.717, 1.165) is 43.4 Å². The van der Waals surface area contributed by atoms with Gasteiger partial charge < -0.3 is 14.5 Å². The van der Waals surface area contributed by atoms with Crippen LogP contribution in [-0.2, 0) is 10.9 Å². The van der Waals surface area contributed by atoms with E-state index in [-0.39, 0.29) is 36.1 Å². The molecule has 0 bridgehead atoms. The first-order valence-electron chi connectivity index (χ1n) is 11.7. The molecule has 2 aromatic carbocycles. The van der Waals surface area contributed by atoms with Gasteiger partial charge in [-0.25, -0.2) is 0 Å². The van der Waals surface area contributed by atoms with Crippen molar-refractivity contribution in [1.29, 1.82) is 0 Å². The molecule has 1 heterocycles. The number of halogens is 3. The van der Waals surface area contributed by atoms with Gasteiger partial charge in [0.25, 0.3) is 11.8 Å². The SMILES string of the molecule is Cc1ccc(C(=O)N(CC2CN(C(=O)c3ccc(C(F)(F)F)cc3)CCO2)C2CCCC2)cc1. The average Bonchev–Trinajstić information content (AvgIpc) is 3.36. The van der Waals surface area contributed by atoms with Gasteiger partial charge in [-0.3, -0.25) is 9.59 Å². The van der Waals surface area contributed by atoms with Crippen LogP contribution in [0.2, 0.25) is 0 Å². The summed E-state index contributed by atoms with van der Waals surface area (Å²) in [7, 11) is 0. The number of carbonyl (C=O) groups is 2. The van der Waals surface area contributed by atoms with Crippen LogP contribution in [0.3, 0.4) is 0 Å². The quantitative estimate of drug-likeness (QED) is 0.617. The molecule has 2 aliphatic rings. The van der Waals surface area contributed by atoms with E-state index in [2.05, 4.69) is 0 Å². The molecule has 1 aliphatic carbocycles. The molecule has 0 spiro atoms. The van der Waals surface area contributed by atoms with Gasteiger partial charge in [-0.2, -0.15) is 13.2 Å². The van der Waals surface area contributed by atoms with Crippen LogP contribution in [0.4, 0.5) is 13.2 Å². The van der Waals surface area contributed by atoms with E-state index < -0.39 is 11.7 Å². The number of alkyl halides is 3. The third-order valence-electron chi connectivity index (χ3n) is 6.61. The number of ether oxygens (including phenoxy) is 1. The standard InChI is InChI=1S/C26H29F3N2O3/c1-18-6-8-20(9-7-18)25(33)31(22-4-2-3-5-22)17-23-16-30(14-15-34-23)24(32)19-10-12-21(13-11-19)26(27,28)29/h6-13,22-23H,2-5,14-17H2,1H3. The summed E-state index contributed by atoms with van der Waals surface area (Å²) >= 11 is 0. The van der Waals surface area contributed by atoms with Crippen LogP contribution < -0.4 is 0 Å². The number of hydrogen-bond acceptors (Lipinski definition) is 3. The van der Waals surface area contributed by atoms with E-state index in [1.54, 1.807) is 4.90 Å². The molecule has 0 radical (unpaired) electrons. The number of aryl methyl sites for hydroxylation is 1. The molecule has 2 amide bonds. The number of benzene rings is 2. The first kappa shape index (κ1) is 24.3. The molecule has 5 nitrogen and oxygen atoms in total. The molecule has 0 N–H and O–H groups in total. The van der Waals surface area contributed by atoms with Gasteiger partial charge in [0.1, 0.15) is 0 Å². The zero-order valence-electron chi connectivity index (χ0n) is 19.2. The van der Waals surface area contributed by atoms with Gasteiger partial charge in [0.05, 0.1) is 18.3 Å². The first-order valence-corrected chi connectivity index (χ1v) is 11.7. The molecular formula is C26H29F3N2O3. The minimum Gasteiger partial charge on any atom is -0.373 e. The number of hydrogen-bond donors (Lipinski definition) is 0. The van der Waals surface area contributed by atoms with Crippen LogP contribution in [0.5, 0.6) is 0 Å². The highest BCUT2D eigenvalue weighted by atomic mass is 19.4. The Labute approximate surface area is 197 Å². The van der Waals surface area contributed by atoms with Crippen molar-refractivity contribution in [2.24, 2.45) is 0 Å². The van der Waals surface area contributed by atoms with E-state index >= 15 is 0 Å². The predicted octanol–water partition coefficient (Wildman–Crippen LogP) is 4.94. The molecule has 1 saturated heterocycles. The molecule has 4 rings (SSSR count). The molecule has 1 saturated carbocycles. The molecule has 2 aromatic rings. The zero-order chi connectivity index (χ0) is 24.3. The smallest absolute Gasteiger partial charge is 0.373 e. The number of morpholine rings is 1. The number of rotatable bonds is 5. The number of carbonyl (C=O) groups excluding carboxylic acids is 2. The van der Waals surface area contributed by atoms with Crippen molar-refractivity contribution < 1.29 is 27.5 Å². The van der Waals surface area contributed by atoms with E-state index in [9.17, 15) is 22.8 Å². The molecule has 1 atom stereocenters. The van der Waals surface area contributed by atoms with Gasteiger partial charge in [-0.1, -0.05) is 30.5 Å². The Balaban J connectivity index is 1.45. The Kier molecular flexibility index (Phi) is 7.26. The average molecular weight is 475 g/mol. The molecular weight excluding hydrogens is 445 g/mol. The van der Waals surface area contributed by atoms with Crippen molar-refractivity contribution >= 4 is 11.8 Å². The van der Waals surface area contributed by atoms with Crippen LogP contribution >= 0.6 is 0 Å². The van der Waals surface area contributed by atoms with E-state index in [1.807, 2.05) is 36.1 Å². The van der Waals surface area contributed by atoms with Crippen LogP contribution in [0.25, 0.3) is 0 Å². The van der Waals surface area contributed by atoms with Crippen LogP contribution in [-0.4, -0.2) is 60.0 Å². The van der Waals surface area contributed by atoms with Gasteiger partial charge in [0.2, 0.25) is 0 Å². The normalized spacial score (nSPS) is 19.3. The maximum Gasteiger partial charge on any atom is 0.416 e. The van der Waals surface area contributed by atoms with E-state index in [1.165, 1.54) is 12.1 Å². The zero-order valence-corrected chi connectivity index (χ0v) is 19.2. The molecule has 1 aliphatic heterocycles. The highest BCUT2D eigenvalue weighted by Gasteiger charge is 2.34. The molecule has 2 fully saturated rings. The summed E-state index contributed by atoms with van der Waals surface area (Å²) in [5, 5.41) is 0. The summed E-state index contributed by atoms with van der Waals surface area (Å²) in [4.78, 5) is 29.8. The van der Waals surface area contributed by atoms with Crippen molar-refractivity contribution in [2.45, 2.75) is 50.9 Å². The topological polar surface area (TPSA) is 49.9 Å². The molecule has 1 unspecified atom stereocenters. The highest BCUT2D eigenvalue weighted by Crippen LogP contribution is 2.30. The summed E-state index contributed by atoms with van der Waals surface area (Å²) in [6, 6.07) is 11.9. The Bertz CT molecular complexity index is 999. The fourth-order valence-electron chi connectivity index (χ4n) is 4.69. The molecule has 8 heteroatoms. The lowest BCUT2D eigenvalue weighted by Gasteiger charge is -2.38. The van der Waals surface area contributed by atoms with Crippen LogP contribution in [0.15, 0.2) is 48.5 Å². The fourth-order valence-corrected chi connectivity index (χ4v) is 4.69. The minimum atomic E-state index is -4.45. The van der Waals surface area contributed by atoms with Crippen molar-refractivity contribution in [2.75, 3.05) is 26.2 Å². The lowest BCUT2D eigenvalue weighted by Crippen LogP contribution is -2.52. The summed E-state index contributed by atoms with van der Waals surface area (Å²) in [5.74, 6) is -0.374. The van der Waals surface area contributed by atoms with Crippen molar-refractivity contribution in [1.82, 2.24) is 9.80 Å². The number of amides is 2. The molecule has 182 valence electrons. The van der Waals surface area contributed by atoms with Gasteiger partial charge in [0, 0.05) is 36.8 Å². The van der Waals surface area contributed by atoms with Crippen molar-refractivity contribution in [3.8, 4) is 0 Å². The van der Waals surface area contributed by atoms with Crippen molar-refractivity contribution in [3.63, 3.8) is 0 Å². The van der Waals surface area contributed by atoms with Crippen molar-refractivity contribution in [3.05, 3.63) is 70.8 Å². The Hall–Kier alpha value is -2.87. The second-order valence-electron chi connectivity index (χ2n) is 9.08. The summed E-state index contributed by atoms with van der Waals surface area (Å²) < 4.78 is 44.4. The lowest BCUT2D eigenvalue weighted by atomic mass is 10.1. The Morgan fingerprint density at radius 3 is 2.24 bits per heavy atom. The Morgan fingerprint density at radius 1 is 1.00 bits per heavy atom. The summed E-state index contributed by atoms with van der Waals surface area (Å²) in [6.45, 7) is 3.29. The van der Waals surface area contributed by atoms with Crippen LogP contribution in [0.1, 0.15) is 57.5 Å². The molecule has 0 aromatic heterocycles. The van der Waals surface area contributed by atoms with Gasteiger partial charge >= 0.3 is 6.18 Å². The van der Waals surface area contributed by atoms with Crippen LogP contribution in [0, 0.1) is 6.92 Å². The first-order chi connectivity index (χ1) is 16.2. The maximum absolute atomic E-state index is 13.4. The van der Waals surface area contributed by atoms with Gasteiger partial charge in [-0.15, -0.1) is 0 Å². The van der Waals surface area contributed by atoms with E-state index in [0.29, 0.717) is 25.3 Å².